The number of hydrogen-bond donors (Lipinski definition) is 2. The van der Waals surface area contributed by atoms with E-state index in [2.05, 4.69) is 0 Å². The lowest BCUT2D eigenvalue weighted by Crippen LogP contribution is -2.45. The summed E-state index contributed by atoms with van der Waals surface area (Å²) >= 11 is 0. The second-order valence-electron chi connectivity index (χ2n) is 3.10. The molecule has 0 aromatic carbocycles. The van der Waals surface area contributed by atoms with Gasteiger partial charge in [0, 0.05) is 12.0 Å². The Morgan fingerprint density at radius 1 is 1.67 bits per heavy atom. The molecule has 0 amide bonds. The SMILES string of the molecule is CC(O)C1(CN)CCC1. The van der Waals surface area contributed by atoms with Crippen molar-refractivity contribution in [3.05, 3.63) is 0 Å². The zero-order valence-corrected chi connectivity index (χ0v) is 5.93. The van der Waals surface area contributed by atoms with Crippen LogP contribution in [0.25, 0.3) is 0 Å². The summed E-state index contributed by atoms with van der Waals surface area (Å²) in [7, 11) is 0. The molecule has 1 aliphatic rings. The van der Waals surface area contributed by atoms with Crippen LogP contribution in [0.1, 0.15) is 26.2 Å². The topological polar surface area (TPSA) is 46.2 Å². The fraction of sp³-hybridized carbons (Fsp3) is 1.00. The van der Waals surface area contributed by atoms with Gasteiger partial charge in [0.05, 0.1) is 6.10 Å². The highest BCUT2D eigenvalue weighted by Gasteiger charge is 2.39. The summed E-state index contributed by atoms with van der Waals surface area (Å²) in [5, 5.41) is 9.24. The van der Waals surface area contributed by atoms with Gasteiger partial charge in [-0.25, -0.2) is 0 Å². The Bertz CT molecular complexity index is 91.6. The van der Waals surface area contributed by atoms with E-state index in [1.54, 1.807) is 0 Å². The molecule has 54 valence electrons. The van der Waals surface area contributed by atoms with Crippen molar-refractivity contribution in [2.75, 3.05) is 6.54 Å². The summed E-state index contributed by atoms with van der Waals surface area (Å²) in [6.45, 7) is 2.48. The largest absolute Gasteiger partial charge is 0.393 e. The molecule has 9 heavy (non-hydrogen) atoms. The molecule has 1 saturated carbocycles. The van der Waals surface area contributed by atoms with Gasteiger partial charge >= 0.3 is 0 Å². The first-order valence-corrected chi connectivity index (χ1v) is 3.59. The van der Waals surface area contributed by atoms with Crippen LogP contribution in [0.3, 0.4) is 0 Å². The number of rotatable bonds is 2. The van der Waals surface area contributed by atoms with Crippen LogP contribution < -0.4 is 5.73 Å². The number of nitrogens with two attached hydrogens (primary N) is 1. The van der Waals surface area contributed by atoms with Crippen molar-refractivity contribution in [1.29, 1.82) is 0 Å². The van der Waals surface area contributed by atoms with E-state index in [9.17, 15) is 5.11 Å². The Morgan fingerprint density at radius 2 is 2.22 bits per heavy atom. The smallest absolute Gasteiger partial charge is 0.0580 e. The molecule has 2 heteroatoms. The minimum absolute atomic E-state index is 0.0972. The third-order valence-corrected chi connectivity index (χ3v) is 2.64. The molecule has 3 N–H and O–H groups in total. The maximum Gasteiger partial charge on any atom is 0.0580 e. The highest BCUT2D eigenvalue weighted by atomic mass is 16.3. The normalized spacial score (nSPS) is 27.0. The summed E-state index contributed by atoms with van der Waals surface area (Å²) in [6.07, 6.45) is 3.25. The summed E-state index contributed by atoms with van der Waals surface area (Å²) < 4.78 is 0. The van der Waals surface area contributed by atoms with Crippen molar-refractivity contribution in [2.24, 2.45) is 11.1 Å². The molecule has 0 saturated heterocycles. The second-order valence-corrected chi connectivity index (χ2v) is 3.10. The van der Waals surface area contributed by atoms with Gasteiger partial charge in [0.2, 0.25) is 0 Å². The van der Waals surface area contributed by atoms with Gasteiger partial charge in [0.1, 0.15) is 0 Å². The highest BCUT2D eigenvalue weighted by molar-refractivity contribution is 4.92. The Morgan fingerprint density at radius 3 is 2.22 bits per heavy atom. The Balaban J connectivity index is 2.46. The average molecular weight is 129 g/mol. The van der Waals surface area contributed by atoms with Crippen molar-refractivity contribution >= 4 is 0 Å². The van der Waals surface area contributed by atoms with E-state index in [0.29, 0.717) is 6.54 Å². The van der Waals surface area contributed by atoms with Crippen molar-refractivity contribution in [2.45, 2.75) is 32.3 Å². The van der Waals surface area contributed by atoms with Gasteiger partial charge in [0.25, 0.3) is 0 Å². The van der Waals surface area contributed by atoms with Crippen LogP contribution in [0.2, 0.25) is 0 Å². The van der Waals surface area contributed by atoms with Crippen LogP contribution in [0.5, 0.6) is 0 Å². The molecule has 0 aromatic heterocycles. The molecule has 0 bridgehead atoms. The van der Waals surface area contributed by atoms with E-state index < -0.39 is 0 Å². The van der Waals surface area contributed by atoms with Gasteiger partial charge in [-0.05, 0) is 19.8 Å². The lowest BCUT2D eigenvalue weighted by atomic mass is 9.65. The summed E-state index contributed by atoms with van der Waals surface area (Å²) in [5.41, 5.74) is 5.61. The van der Waals surface area contributed by atoms with Crippen LogP contribution in [-0.2, 0) is 0 Å². The van der Waals surface area contributed by atoms with Crippen molar-refractivity contribution < 1.29 is 5.11 Å². The third-order valence-electron chi connectivity index (χ3n) is 2.64. The number of hydrogen-bond acceptors (Lipinski definition) is 2. The zero-order valence-electron chi connectivity index (χ0n) is 5.93. The highest BCUT2D eigenvalue weighted by Crippen LogP contribution is 2.42. The van der Waals surface area contributed by atoms with E-state index in [1.807, 2.05) is 6.92 Å². The predicted octanol–water partition coefficient (Wildman–Crippen LogP) is 0.496. The Kier molecular flexibility index (Phi) is 1.78. The van der Waals surface area contributed by atoms with E-state index in [4.69, 9.17) is 5.73 Å². The Hall–Kier alpha value is -0.0800. The molecule has 0 spiro atoms. The van der Waals surface area contributed by atoms with Gasteiger partial charge in [-0.3, -0.25) is 0 Å². The maximum absolute atomic E-state index is 9.24. The van der Waals surface area contributed by atoms with Crippen LogP contribution in [-0.4, -0.2) is 17.8 Å². The lowest BCUT2D eigenvalue weighted by molar-refractivity contribution is -0.0154. The van der Waals surface area contributed by atoms with Crippen LogP contribution in [0, 0.1) is 5.41 Å². The summed E-state index contributed by atoms with van der Waals surface area (Å²) in [6, 6.07) is 0. The van der Waals surface area contributed by atoms with Crippen LogP contribution >= 0.6 is 0 Å². The van der Waals surface area contributed by atoms with Crippen molar-refractivity contribution in [1.82, 2.24) is 0 Å². The predicted molar refractivity (Wildman–Crippen MR) is 37.0 cm³/mol. The number of aliphatic hydroxyl groups is 1. The molecular formula is C7H15NO. The van der Waals surface area contributed by atoms with E-state index in [1.165, 1.54) is 6.42 Å². The molecule has 0 aromatic rings. The molecule has 2 nitrogen and oxygen atoms in total. The van der Waals surface area contributed by atoms with Gasteiger partial charge in [0.15, 0.2) is 0 Å². The molecule has 0 aliphatic heterocycles. The molecule has 1 aliphatic carbocycles. The molecule has 1 fully saturated rings. The van der Waals surface area contributed by atoms with Gasteiger partial charge in [-0.1, -0.05) is 6.42 Å². The van der Waals surface area contributed by atoms with Crippen molar-refractivity contribution in [3.63, 3.8) is 0 Å². The second kappa shape index (κ2) is 2.27. The molecular weight excluding hydrogens is 114 g/mol. The molecule has 1 atom stereocenters. The quantitative estimate of drug-likeness (QED) is 0.570. The summed E-state index contributed by atoms with van der Waals surface area (Å²) in [5.74, 6) is 0. The first kappa shape index (κ1) is 7.03. The van der Waals surface area contributed by atoms with Crippen LogP contribution in [0.15, 0.2) is 0 Å². The van der Waals surface area contributed by atoms with E-state index in [0.717, 1.165) is 12.8 Å². The fourth-order valence-corrected chi connectivity index (χ4v) is 1.42. The minimum Gasteiger partial charge on any atom is -0.393 e. The minimum atomic E-state index is -0.212. The molecule has 0 heterocycles. The summed E-state index contributed by atoms with van der Waals surface area (Å²) in [4.78, 5) is 0. The van der Waals surface area contributed by atoms with Crippen molar-refractivity contribution in [3.8, 4) is 0 Å². The van der Waals surface area contributed by atoms with E-state index in [-0.39, 0.29) is 11.5 Å². The first-order valence-electron chi connectivity index (χ1n) is 3.59. The van der Waals surface area contributed by atoms with Gasteiger partial charge < -0.3 is 10.8 Å². The third kappa shape index (κ3) is 0.970. The van der Waals surface area contributed by atoms with E-state index >= 15 is 0 Å². The van der Waals surface area contributed by atoms with Gasteiger partial charge in [-0.2, -0.15) is 0 Å². The Labute approximate surface area is 56.1 Å². The maximum atomic E-state index is 9.24. The lowest BCUT2D eigenvalue weighted by Gasteiger charge is -2.43. The molecule has 1 rings (SSSR count). The first-order chi connectivity index (χ1) is 4.21. The number of aliphatic hydroxyl groups excluding tert-OH is 1. The molecule has 1 unspecified atom stereocenters. The zero-order chi connectivity index (χ0) is 6.91. The van der Waals surface area contributed by atoms with Crippen LogP contribution in [0.4, 0.5) is 0 Å². The molecule has 0 radical (unpaired) electrons. The average Bonchev–Trinajstić information content (AvgIpc) is 1.62. The standard InChI is InChI=1S/C7H15NO/c1-6(9)7(5-8)3-2-4-7/h6,9H,2-5,8H2,1H3. The van der Waals surface area contributed by atoms with Gasteiger partial charge in [-0.15, -0.1) is 0 Å². The monoisotopic (exact) mass is 129 g/mol. The fourth-order valence-electron chi connectivity index (χ4n) is 1.42.